The molecule has 1 aromatic heterocycles. The predicted octanol–water partition coefficient (Wildman–Crippen LogP) is 2.93. The van der Waals surface area contributed by atoms with Crippen molar-refractivity contribution in [2.75, 3.05) is 0 Å². The molecule has 1 atom stereocenters. The van der Waals surface area contributed by atoms with E-state index in [1.807, 2.05) is 30.3 Å². The molecule has 0 spiro atoms. The highest BCUT2D eigenvalue weighted by Crippen LogP contribution is 2.30. The molecule has 0 aliphatic heterocycles. The Morgan fingerprint density at radius 3 is 2.39 bits per heavy atom. The second-order valence-corrected chi connectivity index (χ2v) is 7.14. The maximum atomic E-state index is 12.5. The highest BCUT2D eigenvalue weighted by atomic mass is 35.5. The van der Waals surface area contributed by atoms with Gasteiger partial charge in [-0.25, -0.2) is 4.79 Å². The molecule has 1 heterocycles. The molecule has 0 saturated heterocycles. The highest BCUT2D eigenvalue weighted by molar-refractivity contribution is 6.30. The fourth-order valence-electron chi connectivity index (χ4n) is 3.16. The van der Waals surface area contributed by atoms with Crippen molar-refractivity contribution in [3.8, 4) is 0 Å². The van der Waals surface area contributed by atoms with Crippen LogP contribution in [0, 0.1) is 6.92 Å². The second kappa shape index (κ2) is 8.14. The van der Waals surface area contributed by atoms with E-state index < -0.39 is 16.9 Å². The number of hydrogen-bond donors (Lipinski definition) is 2. The third kappa shape index (κ3) is 4.09. The summed E-state index contributed by atoms with van der Waals surface area (Å²) in [4.78, 5) is 26.9. The fourth-order valence-corrected chi connectivity index (χ4v) is 3.29. The van der Waals surface area contributed by atoms with Crippen LogP contribution >= 0.6 is 11.6 Å². The highest BCUT2D eigenvalue weighted by Gasteiger charge is 2.32. The van der Waals surface area contributed by atoms with Crippen LogP contribution in [0.2, 0.25) is 5.02 Å². The number of aromatic nitrogens is 2. The third-order valence-corrected chi connectivity index (χ3v) is 4.88. The lowest BCUT2D eigenvalue weighted by Gasteiger charge is -2.29. The summed E-state index contributed by atoms with van der Waals surface area (Å²) in [5, 5.41) is 11.8. The van der Waals surface area contributed by atoms with Gasteiger partial charge in [-0.2, -0.15) is 0 Å². The smallest absolute Gasteiger partial charge is 0.330 e. The van der Waals surface area contributed by atoms with Gasteiger partial charge in [-0.3, -0.25) is 14.3 Å². The van der Waals surface area contributed by atoms with E-state index in [0.29, 0.717) is 10.6 Å². The monoisotopic (exact) mass is 400 g/mol. The lowest BCUT2D eigenvalue weighted by atomic mass is 9.89. The van der Waals surface area contributed by atoms with Crippen LogP contribution in [-0.2, 0) is 23.7 Å². The average molecular weight is 401 g/mol. The standard InChI is InChI=1S/C21H21ClN2O4/c1-14-18(21(2,27)16-8-10-17(22)11-9-16)24(20(26)23-19(14)25)13-28-12-15-6-4-3-5-7-15/h3-11,27H,12-13H2,1-2H3,(H,23,25,26). The Kier molecular flexibility index (Phi) is 5.84. The number of hydrogen-bond acceptors (Lipinski definition) is 4. The first-order valence-corrected chi connectivity index (χ1v) is 9.13. The molecule has 7 heteroatoms. The second-order valence-electron chi connectivity index (χ2n) is 6.70. The van der Waals surface area contributed by atoms with Crippen molar-refractivity contribution in [2.24, 2.45) is 0 Å². The minimum absolute atomic E-state index is 0.121. The van der Waals surface area contributed by atoms with E-state index in [-0.39, 0.29) is 24.6 Å². The van der Waals surface area contributed by atoms with Crippen LogP contribution in [0.5, 0.6) is 0 Å². The summed E-state index contributed by atoms with van der Waals surface area (Å²) in [7, 11) is 0. The molecule has 0 aliphatic carbocycles. The minimum atomic E-state index is -1.60. The van der Waals surface area contributed by atoms with E-state index in [4.69, 9.17) is 16.3 Å². The molecule has 6 nitrogen and oxygen atoms in total. The van der Waals surface area contributed by atoms with Crippen LogP contribution in [0.4, 0.5) is 0 Å². The van der Waals surface area contributed by atoms with Crippen LogP contribution < -0.4 is 11.2 Å². The molecule has 0 bridgehead atoms. The predicted molar refractivity (Wildman–Crippen MR) is 107 cm³/mol. The number of ether oxygens (including phenoxy) is 1. The number of benzene rings is 2. The molecule has 28 heavy (non-hydrogen) atoms. The van der Waals surface area contributed by atoms with Crippen LogP contribution in [0.25, 0.3) is 0 Å². The van der Waals surface area contributed by atoms with Gasteiger partial charge in [-0.1, -0.05) is 54.1 Å². The first-order valence-electron chi connectivity index (χ1n) is 8.75. The number of H-pyrrole nitrogens is 1. The minimum Gasteiger partial charge on any atom is -0.379 e. The van der Waals surface area contributed by atoms with Crippen molar-refractivity contribution >= 4 is 11.6 Å². The first kappa shape index (κ1) is 20.1. The van der Waals surface area contributed by atoms with Gasteiger partial charge in [0.2, 0.25) is 0 Å². The molecule has 2 N–H and O–H groups in total. The number of aromatic amines is 1. The van der Waals surface area contributed by atoms with E-state index in [1.165, 1.54) is 11.5 Å². The Labute approximate surface area is 167 Å². The van der Waals surface area contributed by atoms with Gasteiger partial charge in [0.15, 0.2) is 0 Å². The van der Waals surface area contributed by atoms with E-state index >= 15 is 0 Å². The zero-order valence-corrected chi connectivity index (χ0v) is 16.4. The SMILES string of the molecule is Cc1c(C(C)(O)c2ccc(Cl)cc2)n(COCc2ccccc2)c(=O)[nH]c1=O. The van der Waals surface area contributed by atoms with Crippen molar-refractivity contribution in [3.63, 3.8) is 0 Å². The summed E-state index contributed by atoms with van der Waals surface area (Å²) in [6, 6.07) is 16.1. The average Bonchev–Trinajstić information content (AvgIpc) is 2.67. The first-order chi connectivity index (χ1) is 13.3. The van der Waals surface area contributed by atoms with Gasteiger partial charge < -0.3 is 9.84 Å². The van der Waals surface area contributed by atoms with E-state index in [0.717, 1.165) is 5.56 Å². The molecule has 0 radical (unpaired) electrons. The fraction of sp³-hybridized carbons (Fsp3) is 0.238. The summed E-state index contributed by atoms with van der Waals surface area (Å²) >= 11 is 5.94. The van der Waals surface area contributed by atoms with E-state index in [1.54, 1.807) is 31.2 Å². The number of nitrogens with one attached hydrogen (secondary N) is 1. The van der Waals surface area contributed by atoms with Crippen LogP contribution in [0.1, 0.15) is 29.3 Å². The largest absolute Gasteiger partial charge is 0.379 e. The molecule has 3 aromatic rings. The van der Waals surface area contributed by atoms with Crippen molar-refractivity contribution in [3.05, 3.63) is 103 Å². The number of aliphatic hydroxyl groups is 1. The maximum absolute atomic E-state index is 12.5. The third-order valence-electron chi connectivity index (χ3n) is 4.63. The Hall–Kier alpha value is -2.67. The summed E-state index contributed by atoms with van der Waals surface area (Å²) in [6.07, 6.45) is 0. The molecule has 0 aliphatic rings. The summed E-state index contributed by atoms with van der Waals surface area (Å²) in [6.45, 7) is 3.26. The van der Waals surface area contributed by atoms with Crippen LogP contribution in [-0.4, -0.2) is 14.7 Å². The topological polar surface area (TPSA) is 84.3 Å². The van der Waals surface area contributed by atoms with Gasteiger partial charge in [0.05, 0.1) is 12.3 Å². The number of halogens is 1. The molecule has 146 valence electrons. The summed E-state index contributed by atoms with van der Waals surface area (Å²) < 4.78 is 6.93. The Balaban J connectivity index is 2.00. The molecule has 1 unspecified atom stereocenters. The number of rotatable bonds is 6. The van der Waals surface area contributed by atoms with Crippen molar-refractivity contribution in [2.45, 2.75) is 32.8 Å². The quantitative estimate of drug-likeness (QED) is 0.666. The normalized spacial score (nSPS) is 13.3. The Bertz CT molecular complexity index is 1070. The van der Waals surface area contributed by atoms with E-state index in [9.17, 15) is 14.7 Å². The van der Waals surface area contributed by atoms with E-state index in [2.05, 4.69) is 4.98 Å². The van der Waals surface area contributed by atoms with Gasteiger partial charge in [0.1, 0.15) is 12.3 Å². The zero-order chi connectivity index (χ0) is 20.3. The van der Waals surface area contributed by atoms with Crippen molar-refractivity contribution in [1.82, 2.24) is 9.55 Å². The van der Waals surface area contributed by atoms with Crippen molar-refractivity contribution in [1.29, 1.82) is 0 Å². The molecular weight excluding hydrogens is 380 g/mol. The lowest BCUT2D eigenvalue weighted by Crippen LogP contribution is -2.41. The van der Waals surface area contributed by atoms with Crippen molar-refractivity contribution < 1.29 is 9.84 Å². The molecule has 0 fully saturated rings. The number of nitrogens with zero attached hydrogens (tertiary/aromatic N) is 1. The van der Waals surface area contributed by atoms with Crippen LogP contribution in [0.3, 0.4) is 0 Å². The summed E-state index contributed by atoms with van der Waals surface area (Å²) in [5.74, 6) is 0. The molecule has 3 rings (SSSR count). The van der Waals surface area contributed by atoms with Gasteiger partial charge in [-0.05, 0) is 37.1 Å². The van der Waals surface area contributed by atoms with Gasteiger partial charge >= 0.3 is 5.69 Å². The maximum Gasteiger partial charge on any atom is 0.330 e. The molecule has 2 aromatic carbocycles. The lowest BCUT2D eigenvalue weighted by molar-refractivity contribution is 0.0386. The molecule has 0 amide bonds. The van der Waals surface area contributed by atoms with Gasteiger partial charge in [0.25, 0.3) is 5.56 Å². The van der Waals surface area contributed by atoms with Gasteiger partial charge in [-0.15, -0.1) is 0 Å². The molecular formula is C21H21ClN2O4. The Morgan fingerprint density at radius 1 is 1.11 bits per heavy atom. The molecule has 0 saturated carbocycles. The van der Waals surface area contributed by atoms with Gasteiger partial charge in [0, 0.05) is 10.6 Å². The zero-order valence-electron chi connectivity index (χ0n) is 15.6. The summed E-state index contributed by atoms with van der Waals surface area (Å²) in [5.41, 5.74) is -0.927. The Morgan fingerprint density at radius 2 is 1.75 bits per heavy atom. The van der Waals surface area contributed by atoms with Crippen LogP contribution in [0.15, 0.2) is 64.2 Å².